The molecule has 1 aliphatic rings. The molecule has 15 heavy (non-hydrogen) atoms. The van der Waals surface area contributed by atoms with Gasteiger partial charge < -0.3 is 10.6 Å². The zero-order chi connectivity index (χ0) is 11.0. The van der Waals surface area contributed by atoms with Gasteiger partial charge in [-0.25, -0.2) is 0 Å². The number of halogens is 1. The minimum atomic E-state index is 0.547. The standard InChI is InChI=1S/C12H17ClN2/c1-8(9-3-4-9)15(2)12-7-10(13)5-6-11(12)14/h5-9H,3-4,14H2,1-2H3. The van der Waals surface area contributed by atoms with Crippen LogP contribution in [0.2, 0.25) is 5.02 Å². The average Bonchev–Trinajstić information content (AvgIpc) is 3.03. The van der Waals surface area contributed by atoms with Crippen LogP contribution in [0, 0.1) is 5.92 Å². The maximum Gasteiger partial charge on any atom is 0.0614 e. The predicted molar refractivity (Wildman–Crippen MR) is 66.5 cm³/mol. The van der Waals surface area contributed by atoms with E-state index < -0.39 is 0 Å². The highest BCUT2D eigenvalue weighted by molar-refractivity contribution is 6.31. The number of hydrogen-bond acceptors (Lipinski definition) is 2. The van der Waals surface area contributed by atoms with Gasteiger partial charge in [0.15, 0.2) is 0 Å². The molecule has 0 aliphatic heterocycles. The second-order valence-electron chi connectivity index (χ2n) is 4.39. The molecular formula is C12H17ClN2. The molecule has 1 unspecified atom stereocenters. The van der Waals surface area contributed by atoms with Gasteiger partial charge in [-0.1, -0.05) is 11.6 Å². The summed E-state index contributed by atoms with van der Waals surface area (Å²) in [6, 6.07) is 6.19. The topological polar surface area (TPSA) is 29.3 Å². The van der Waals surface area contributed by atoms with E-state index in [1.807, 2.05) is 18.2 Å². The Hall–Kier alpha value is -0.890. The number of rotatable bonds is 3. The SMILES string of the molecule is CC(C1CC1)N(C)c1cc(Cl)ccc1N. The van der Waals surface area contributed by atoms with Gasteiger partial charge in [-0.05, 0) is 43.9 Å². The van der Waals surface area contributed by atoms with E-state index in [-0.39, 0.29) is 0 Å². The molecule has 3 heteroatoms. The molecule has 0 amide bonds. The van der Waals surface area contributed by atoms with Crippen LogP contribution in [-0.2, 0) is 0 Å². The van der Waals surface area contributed by atoms with Gasteiger partial charge in [0.1, 0.15) is 0 Å². The smallest absolute Gasteiger partial charge is 0.0614 e. The lowest BCUT2D eigenvalue weighted by molar-refractivity contribution is 0.610. The van der Waals surface area contributed by atoms with Crippen LogP contribution >= 0.6 is 11.6 Å². The van der Waals surface area contributed by atoms with Crippen LogP contribution in [0.25, 0.3) is 0 Å². The van der Waals surface area contributed by atoms with Gasteiger partial charge in [0.25, 0.3) is 0 Å². The summed E-state index contributed by atoms with van der Waals surface area (Å²) in [6.07, 6.45) is 2.68. The molecule has 2 nitrogen and oxygen atoms in total. The Morgan fingerprint density at radius 3 is 2.73 bits per heavy atom. The summed E-state index contributed by atoms with van der Waals surface area (Å²) < 4.78 is 0. The van der Waals surface area contributed by atoms with Crippen molar-refractivity contribution in [1.29, 1.82) is 0 Å². The van der Waals surface area contributed by atoms with E-state index in [9.17, 15) is 0 Å². The van der Waals surface area contributed by atoms with Gasteiger partial charge in [0.05, 0.1) is 11.4 Å². The van der Waals surface area contributed by atoms with Crippen molar-refractivity contribution >= 4 is 23.0 Å². The summed E-state index contributed by atoms with van der Waals surface area (Å²) in [4.78, 5) is 2.24. The second-order valence-corrected chi connectivity index (χ2v) is 4.83. The van der Waals surface area contributed by atoms with E-state index in [1.54, 1.807) is 0 Å². The molecule has 0 heterocycles. The van der Waals surface area contributed by atoms with Gasteiger partial charge in [-0.2, -0.15) is 0 Å². The van der Waals surface area contributed by atoms with Crippen LogP contribution < -0.4 is 10.6 Å². The van der Waals surface area contributed by atoms with Crippen molar-refractivity contribution in [1.82, 2.24) is 0 Å². The zero-order valence-corrected chi connectivity index (χ0v) is 9.96. The Morgan fingerprint density at radius 1 is 1.47 bits per heavy atom. The highest BCUT2D eigenvalue weighted by atomic mass is 35.5. The van der Waals surface area contributed by atoms with E-state index in [1.165, 1.54) is 12.8 Å². The fourth-order valence-corrected chi connectivity index (χ4v) is 2.10. The predicted octanol–water partition coefficient (Wildman–Crippen LogP) is 3.16. The molecule has 1 atom stereocenters. The Kier molecular flexibility index (Phi) is 2.79. The fourth-order valence-electron chi connectivity index (χ4n) is 1.94. The van der Waals surface area contributed by atoms with Crippen LogP contribution in [0.3, 0.4) is 0 Å². The highest BCUT2D eigenvalue weighted by Gasteiger charge is 2.31. The Morgan fingerprint density at radius 2 is 2.13 bits per heavy atom. The normalized spacial score (nSPS) is 17.5. The van der Waals surface area contributed by atoms with Crippen molar-refractivity contribution in [2.24, 2.45) is 5.92 Å². The second kappa shape index (κ2) is 3.93. The molecular weight excluding hydrogens is 208 g/mol. The van der Waals surface area contributed by atoms with E-state index in [0.717, 1.165) is 22.3 Å². The largest absolute Gasteiger partial charge is 0.397 e. The summed E-state index contributed by atoms with van der Waals surface area (Å²) in [6.45, 7) is 2.25. The van der Waals surface area contributed by atoms with Crippen molar-refractivity contribution in [2.45, 2.75) is 25.8 Å². The maximum atomic E-state index is 5.98. The van der Waals surface area contributed by atoms with Crippen molar-refractivity contribution in [2.75, 3.05) is 17.7 Å². The number of nitrogens with zero attached hydrogens (tertiary/aromatic N) is 1. The Bertz CT molecular complexity index is 361. The third-order valence-electron chi connectivity index (χ3n) is 3.29. The molecule has 0 bridgehead atoms. The molecule has 2 rings (SSSR count). The minimum absolute atomic E-state index is 0.547. The van der Waals surface area contributed by atoms with Crippen LogP contribution in [0.4, 0.5) is 11.4 Å². The van der Waals surface area contributed by atoms with E-state index in [4.69, 9.17) is 17.3 Å². The third-order valence-corrected chi connectivity index (χ3v) is 3.52. The van der Waals surface area contributed by atoms with Gasteiger partial charge in [-0.15, -0.1) is 0 Å². The first-order valence-electron chi connectivity index (χ1n) is 5.37. The van der Waals surface area contributed by atoms with Gasteiger partial charge in [0.2, 0.25) is 0 Å². The Balaban J connectivity index is 2.23. The minimum Gasteiger partial charge on any atom is -0.397 e. The molecule has 1 aromatic rings. The summed E-state index contributed by atoms with van der Waals surface area (Å²) >= 11 is 5.98. The summed E-state index contributed by atoms with van der Waals surface area (Å²) in [5.74, 6) is 0.827. The molecule has 0 aromatic heterocycles. The van der Waals surface area contributed by atoms with Gasteiger partial charge in [-0.3, -0.25) is 0 Å². The number of benzene rings is 1. The van der Waals surface area contributed by atoms with Crippen molar-refractivity contribution in [3.05, 3.63) is 23.2 Å². The fraction of sp³-hybridized carbons (Fsp3) is 0.500. The monoisotopic (exact) mass is 224 g/mol. The van der Waals surface area contributed by atoms with E-state index in [0.29, 0.717) is 6.04 Å². The van der Waals surface area contributed by atoms with Crippen molar-refractivity contribution in [3.8, 4) is 0 Å². The first kappa shape index (κ1) is 10.6. The number of anilines is 2. The molecule has 2 N–H and O–H groups in total. The quantitative estimate of drug-likeness (QED) is 0.800. The lowest BCUT2D eigenvalue weighted by Gasteiger charge is -2.28. The lowest BCUT2D eigenvalue weighted by atomic mass is 10.1. The van der Waals surface area contributed by atoms with Crippen molar-refractivity contribution in [3.63, 3.8) is 0 Å². The van der Waals surface area contributed by atoms with Gasteiger partial charge in [0, 0.05) is 18.1 Å². The Labute approximate surface area is 96.0 Å². The lowest BCUT2D eigenvalue weighted by Crippen LogP contribution is -2.31. The number of nitrogens with two attached hydrogens (primary N) is 1. The molecule has 0 radical (unpaired) electrons. The van der Waals surface area contributed by atoms with Crippen LogP contribution in [0.15, 0.2) is 18.2 Å². The first-order chi connectivity index (χ1) is 7.09. The molecule has 0 saturated heterocycles. The van der Waals surface area contributed by atoms with Crippen LogP contribution in [0.1, 0.15) is 19.8 Å². The van der Waals surface area contributed by atoms with Crippen LogP contribution in [0.5, 0.6) is 0 Å². The molecule has 0 spiro atoms. The molecule has 1 fully saturated rings. The number of hydrogen-bond donors (Lipinski definition) is 1. The van der Waals surface area contributed by atoms with Crippen LogP contribution in [-0.4, -0.2) is 13.1 Å². The summed E-state index contributed by atoms with van der Waals surface area (Å²) in [5, 5.41) is 0.744. The maximum absolute atomic E-state index is 5.98. The third kappa shape index (κ3) is 2.20. The first-order valence-corrected chi connectivity index (χ1v) is 5.75. The number of nitrogen functional groups attached to an aromatic ring is 1. The molecule has 82 valence electrons. The summed E-state index contributed by atoms with van der Waals surface area (Å²) in [5.41, 5.74) is 7.79. The van der Waals surface area contributed by atoms with E-state index >= 15 is 0 Å². The highest BCUT2D eigenvalue weighted by Crippen LogP contribution is 2.38. The summed E-state index contributed by atoms with van der Waals surface area (Å²) in [7, 11) is 2.09. The molecule has 1 saturated carbocycles. The molecule has 1 aliphatic carbocycles. The van der Waals surface area contributed by atoms with Gasteiger partial charge >= 0.3 is 0 Å². The van der Waals surface area contributed by atoms with E-state index in [2.05, 4.69) is 18.9 Å². The average molecular weight is 225 g/mol. The zero-order valence-electron chi connectivity index (χ0n) is 9.20. The van der Waals surface area contributed by atoms with Crippen molar-refractivity contribution < 1.29 is 0 Å². The molecule has 1 aromatic carbocycles.